The fourth-order valence-electron chi connectivity index (χ4n) is 6.05. The topological polar surface area (TPSA) is 46.2 Å². The van der Waals surface area contributed by atoms with Crippen LogP contribution < -0.4 is 18.9 Å². The van der Waals surface area contributed by atoms with Gasteiger partial charge in [-0.1, -0.05) is 127 Å². The smallest absolute Gasteiger partial charge is 0.162 e. The number of rotatable bonds is 13. The summed E-state index contributed by atoms with van der Waals surface area (Å²) in [5, 5.41) is 0. The third-order valence-electron chi connectivity index (χ3n) is 8.62. The van der Waals surface area contributed by atoms with Crippen LogP contribution in [0.5, 0.6) is 23.0 Å². The summed E-state index contributed by atoms with van der Waals surface area (Å²) >= 11 is 0. The number of hydrogen-bond donors (Lipinski definition) is 0. The van der Waals surface area contributed by atoms with Gasteiger partial charge >= 0.3 is 0 Å². The predicted molar refractivity (Wildman–Crippen MR) is 192 cm³/mol. The maximum atomic E-state index is 6.88. The van der Waals surface area contributed by atoms with Crippen LogP contribution in [-0.2, 0) is 37.6 Å². The molecular formula is C44H40O5. The molecular weight excluding hydrogens is 608 g/mol. The second kappa shape index (κ2) is 15.6. The van der Waals surface area contributed by atoms with E-state index in [-0.39, 0.29) is 12.2 Å². The Morgan fingerprint density at radius 3 is 1.55 bits per heavy atom. The molecule has 0 fully saturated rings. The Morgan fingerprint density at radius 2 is 1.00 bits per heavy atom. The van der Waals surface area contributed by atoms with Gasteiger partial charge in [-0.2, -0.15) is 0 Å². The largest absolute Gasteiger partial charge is 0.488 e. The summed E-state index contributed by atoms with van der Waals surface area (Å²) in [5.74, 6) is 2.96. The molecule has 1 heterocycles. The minimum absolute atomic E-state index is 0.285. The van der Waals surface area contributed by atoms with E-state index in [1.54, 1.807) is 0 Å². The van der Waals surface area contributed by atoms with E-state index in [0.717, 1.165) is 50.4 Å². The number of ether oxygens (including phenoxy) is 5. The first-order valence-corrected chi connectivity index (χ1v) is 16.8. The van der Waals surface area contributed by atoms with Crippen molar-refractivity contribution >= 4 is 0 Å². The van der Waals surface area contributed by atoms with Gasteiger partial charge in [0.15, 0.2) is 17.6 Å². The maximum absolute atomic E-state index is 6.88. The predicted octanol–water partition coefficient (Wildman–Crippen LogP) is 9.99. The van der Waals surface area contributed by atoms with Crippen molar-refractivity contribution in [2.45, 2.75) is 52.0 Å². The lowest BCUT2D eigenvalue weighted by molar-refractivity contribution is -0.0467. The number of hydrogen-bond acceptors (Lipinski definition) is 5. The van der Waals surface area contributed by atoms with Gasteiger partial charge < -0.3 is 23.7 Å². The minimum Gasteiger partial charge on any atom is -0.488 e. The van der Waals surface area contributed by atoms with E-state index in [1.807, 2.05) is 84.9 Å². The zero-order valence-corrected chi connectivity index (χ0v) is 27.7. The average molecular weight is 649 g/mol. The van der Waals surface area contributed by atoms with Crippen molar-refractivity contribution in [3.63, 3.8) is 0 Å². The van der Waals surface area contributed by atoms with Crippen molar-refractivity contribution in [1.29, 1.82) is 0 Å². The van der Waals surface area contributed by atoms with Gasteiger partial charge in [-0.25, -0.2) is 0 Å². The highest BCUT2D eigenvalue weighted by atomic mass is 16.5. The molecule has 0 aromatic heterocycles. The molecule has 5 heteroatoms. The van der Waals surface area contributed by atoms with Crippen LogP contribution in [0.25, 0.3) is 0 Å². The van der Waals surface area contributed by atoms with Crippen LogP contribution >= 0.6 is 0 Å². The van der Waals surface area contributed by atoms with Crippen molar-refractivity contribution in [3.8, 4) is 23.0 Å². The highest BCUT2D eigenvalue weighted by Crippen LogP contribution is 2.44. The van der Waals surface area contributed by atoms with Gasteiger partial charge in [0.1, 0.15) is 37.4 Å². The molecule has 6 aromatic carbocycles. The average Bonchev–Trinajstić information content (AvgIpc) is 3.16. The highest BCUT2D eigenvalue weighted by Gasteiger charge is 2.35. The van der Waals surface area contributed by atoms with Crippen molar-refractivity contribution < 1.29 is 23.7 Å². The molecule has 1 aliphatic rings. The van der Waals surface area contributed by atoms with Gasteiger partial charge in [-0.05, 0) is 64.6 Å². The summed E-state index contributed by atoms with van der Waals surface area (Å²) in [6.07, 6.45) is -0.0428. The lowest BCUT2D eigenvalue weighted by atomic mass is 9.93. The lowest BCUT2D eigenvalue weighted by Gasteiger charge is -2.35. The molecule has 5 nitrogen and oxygen atoms in total. The molecule has 0 amide bonds. The molecule has 246 valence electrons. The van der Waals surface area contributed by atoms with E-state index in [2.05, 4.69) is 73.7 Å². The van der Waals surface area contributed by atoms with Crippen LogP contribution in [0, 0.1) is 6.92 Å². The van der Waals surface area contributed by atoms with Crippen molar-refractivity contribution in [3.05, 3.63) is 191 Å². The monoisotopic (exact) mass is 648 g/mol. The molecule has 0 saturated carbocycles. The van der Waals surface area contributed by atoms with E-state index in [4.69, 9.17) is 23.7 Å². The fraction of sp³-hybridized carbons (Fsp3) is 0.182. The molecule has 2 atom stereocenters. The van der Waals surface area contributed by atoms with Crippen LogP contribution in [0.1, 0.15) is 45.0 Å². The Balaban J connectivity index is 1.20. The standard InChI is InChI=1S/C44H40O5/c1-32-24-40(46-29-34-16-8-3-9-17-34)38-27-43(48-31-36-20-12-5-13-21-36)44(49-41(38)25-32)37-22-23-39(45-28-33-14-6-2-7-15-33)42(26-37)47-30-35-18-10-4-11-19-35/h2-26,43-44H,27-31H2,1H3. The SMILES string of the molecule is Cc1cc(OCc2ccccc2)c2c(c1)OC(c1ccc(OCc3ccccc3)c(OCc3ccccc3)c1)C(OCc1ccccc1)C2. The third-order valence-corrected chi connectivity index (χ3v) is 8.62. The molecule has 0 spiro atoms. The molecule has 2 unspecified atom stereocenters. The van der Waals surface area contributed by atoms with E-state index in [9.17, 15) is 0 Å². The molecule has 0 aliphatic carbocycles. The molecule has 0 radical (unpaired) electrons. The maximum Gasteiger partial charge on any atom is 0.162 e. The van der Waals surface area contributed by atoms with Gasteiger partial charge in [0.25, 0.3) is 0 Å². The molecule has 0 saturated heterocycles. The number of aryl methyl sites for hydroxylation is 1. The summed E-state index contributed by atoms with van der Waals surface area (Å²) in [5.41, 5.74) is 7.41. The van der Waals surface area contributed by atoms with Crippen LogP contribution in [-0.4, -0.2) is 6.10 Å². The highest BCUT2D eigenvalue weighted by molar-refractivity contribution is 5.51. The minimum atomic E-state index is -0.387. The van der Waals surface area contributed by atoms with Gasteiger partial charge in [-0.15, -0.1) is 0 Å². The summed E-state index contributed by atoms with van der Waals surface area (Å²) < 4.78 is 32.8. The first-order chi connectivity index (χ1) is 24.2. The summed E-state index contributed by atoms with van der Waals surface area (Å²) in [4.78, 5) is 0. The Kier molecular flexibility index (Phi) is 10.2. The quantitative estimate of drug-likeness (QED) is 0.125. The molecule has 49 heavy (non-hydrogen) atoms. The van der Waals surface area contributed by atoms with Gasteiger partial charge in [0.2, 0.25) is 0 Å². The second-order valence-electron chi connectivity index (χ2n) is 12.3. The molecule has 6 aromatic rings. The summed E-state index contributed by atoms with van der Waals surface area (Å²) in [6, 6.07) is 51.0. The van der Waals surface area contributed by atoms with E-state index in [0.29, 0.717) is 44.3 Å². The lowest BCUT2D eigenvalue weighted by Crippen LogP contribution is -2.33. The third kappa shape index (κ3) is 8.32. The molecule has 0 N–H and O–H groups in total. The molecule has 7 rings (SSSR count). The van der Waals surface area contributed by atoms with Crippen LogP contribution in [0.3, 0.4) is 0 Å². The Bertz CT molecular complexity index is 1930. The molecule has 1 aliphatic heterocycles. The Hall–Kier alpha value is -5.52. The first kappa shape index (κ1) is 32.0. The van der Waals surface area contributed by atoms with E-state index in [1.165, 1.54) is 0 Å². The Labute approximate surface area is 288 Å². The summed E-state index contributed by atoms with van der Waals surface area (Å²) in [7, 11) is 0. The fourth-order valence-corrected chi connectivity index (χ4v) is 6.05. The van der Waals surface area contributed by atoms with Crippen LogP contribution in [0.15, 0.2) is 152 Å². The van der Waals surface area contributed by atoms with Gasteiger partial charge in [0, 0.05) is 12.0 Å². The molecule has 0 bridgehead atoms. The van der Waals surface area contributed by atoms with Crippen molar-refractivity contribution in [2.24, 2.45) is 0 Å². The first-order valence-electron chi connectivity index (χ1n) is 16.8. The van der Waals surface area contributed by atoms with Gasteiger partial charge in [0.05, 0.1) is 6.61 Å². The van der Waals surface area contributed by atoms with Crippen LogP contribution in [0.4, 0.5) is 0 Å². The zero-order chi connectivity index (χ0) is 33.3. The normalized spacial score (nSPS) is 15.1. The van der Waals surface area contributed by atoms with Gasteiger partial charge in [-0.3, -0.25) is 0 Å². The van der Waals surface area contributed by atoms with E-state index < -0.39 is 0 Å². The number of benzene rings is 6. The zero-order valence-electron chi connectivity index (χ0n) is 27.7. The number of fused-ring (bicyclic) bond motifs is 1. The van der Waals surface area contributed by atoms with Crippen molar-refractivity contribution in [1.82, 2.24) is 0 Å². The Morgan fingerprint density at radius 1 is 0.510 bits per heavy atom. The van der Waals surface area contributed by atoms with Crippen LogP contribution in [0.2, 0.25) is 0 Å². The van der Waals surface area contributed by atoms with E-state index >= 15 is 0 Å². The second-order valence-corrected chi connectivity index (χ2v) is 12.3. The summed E-state index contributed by atoms with van der Waals surface area (Å²) in [6.45, 7) is 3.85. The van der Waals surface area contributed by atoms with Crippen molar-refractivity contribution in [2.75, 3.05) is 0 Å².